The second kappa shape index (κ2) is 7.74. The third-order valence-corrected chi connectivity index (χ3v) is 5.09. The van der Waals surface area contributed by atoms with Gasteiger partial charge in [-0.3, -0.25) is 4.79 Å². The molecule has 7 heteroatoms. The third-order valence-electron chi connectivity index (χ3n) is 3.94. The molecule has 0 bridgehead atoms. The lowest BCUT2D eigenvalue weighted by Crippen LogP contribution is -2.13. The molecule has 0 saturated carbocycles. The highest BCUT2D eigenvalue weighted by molar-refractivity contribution is 7.90. The number of esters is 1. The first-order valence-corrected chi connectivity index (χ1v) is 10.1. The predicted molar refractivity (Wildman–Crippen MR) is 101 cm³/mol. The van der Waals surface area contributed by atoms with Crippen LogP contribution in [0.25, 0.3) is 0 Å². The summed E-state index contributed by atoms with van der Waals surface area (Å²) in [6.07, 6.45) is 1.01. The van der Waals surface area contributed by atoms with Gasteiger partial charge in [-0.15, -0.1) is 0 Å². The molecule has 0 fully saturated rings. The van der Waals surface area contributed by atoms with Gasteiger partial charge in [-0.1, -0.05) is 12.1 Å². The molecule has 0 aliphatic carbocycles. The van der Waals surface area contributed by atoms with Crippen molar-refractivity contribution in [1.82, 2.24) is 0 Å². The van der Waals surface area contributed by atoms with Crippen molar-refractivity contribution in [3.8, 4) is 5.75 Å². The lowest BCUT2D eigenvalue weighted by Gasteiger charge is -2.08. The van der Waals surface area contributed by atoms with Crippen LogP contribution in [0.5, 0.6) is 5.75 Å². The molecule has 3 aromatic carbocycles. The maximum absolute atomic E-state index is 13.0. The third kappa shape index (κ3) is 4.32. The van der Waals surface area contributed by atoms with Crippen LogP contribution in [0.15, 0.2) is 77.7 Å². The molecule has 0 heterocycles. The zero-order valence-electron chi connectivity index (χ0n) is 14.8. The smallest absolute Gasteiger partial charge is 0.344 e. The van der Waals surface area contributed by atoms with Gasteiger partial charge in [0, 0.05) is 17.4 Å². The molecule has 5 nitrogen and oxygen atoms in total. The molecular weight excluding hydrogens is 383 g/mol. The summed E-state index contributed by atoms with van der Waals surface area (Å²) in [7, 11) is -3.59. The Morgan fingerprint density at radius 3 is 1.93 bits per heavy atom. The topological polar surface area (TPSA) is 77.5 Å². The van der Waals surface area contributed by atoms with E-state index in [4.69, 9.17) is 4.74 Å². The fraction of sp³-hybridized carbons (Fsp3) is 0.0476. The Hall–Kier alpha value is -3.32. The summed E-state index contributed by atoms with van der Waals surface area (Å²) in [6, 6.07) is 16.7. The summed E-state index contributed by atoms with van der Waals surface area (Å²) in [5.41, 5.74) is 0.590. The highest BCUT2D eigenvalue weighted by Crippen LogP contribution is 2.20. The van der Waals surface area contributed by atoms with Gasteiger partial charge in [-0.25, -0.2) is 17.6 Å². The van der Waals surface area contributed by atoms with E-state index in [1.165, 1.54) is 72.8 Å². The standard InChI is InChI=1S/C21H15FO5S/c1-28(25,26)19-5-3-2-4-18(19)21(24)27-17-12-8-15(9-13-17)20(23)14-6-10-16(22)11-7-14/h2-13H,1H3. The van der Waals surface area contributed by atoms with Crippen molar-refractivity contribution >= 4 is 21.6 Å². The maximum atomic E-state index is 13.0. The second-order valence-corrected chi connectivity index (χ2v) is 8.00. The predicted octanol–water partition coefficient (Wildman–Crippen LogP) is 3.68. The van der Waals surface area contributed by atoms with Crippen LogP contribution >= 0.6 is 0 Å². The largest absolute Gasteiger partial charge is 0.423 e. The van der Waals surface area contributed by atoms with Crippen molar-refractivity contribution in [2.24, 2.45) is 0 Å². The van der Waals surface area contributed by atoms with E-state index in [9.17, 15) is 22.4 Å². The van der Waals surface area contributed by atoms with E-state index in [-0.39, 0.29) is 22.0 Å². The molecule has 0 unspecified atom stereocenters. The fourth-order valence-corrected chi connectivity index (χ4v) is 3.44. The SMILES string of the molecule is CS(=O)(=O)c1ccccc1C(=O)Oc1ccc(C(=O)c2ccc(F)cc2)cc1. The van der Waals surface area contributed by atoms with E-state index in [1.807, 2.05) is 0 Å². The summed E-state index contributed by atoms with van der Waals surface area (Å²) in [4.78, 5) is 24.6. The van der Waals surface area contributed by atoms with Crippen LogP contribution in [0.2, 0.25) is 0 Å². The number of carbonyl (C=O) groups is 2. The number of ether oxygens (including phenoxy) is 1. The second-order valence-electron chi connectivity index (χ2n) is 6.02. The van der Waals surface area contributed by atoms with Gasteiger partial charge < -0.3 is 4.74 Å². The highest BCUT2D eigenvalue weighted by atomic mass is 32.2. The maximum Gasteiger partial charge on any atom is 0.344 e. The van der Waals surface area contributed by atoms with Crippen molar-refractivity contribution in [1.29, 1.82) is 0 Å². The van der Waals surface area contributed by atoms with Gasteiger partial charge in [0.1, 0.15) is 11.6 Å². The monoisotopic (exact) mass is 398 g/mol. The minimum atomic E-state index is -3.59. The van der Waals surface area contributed by atoms with Crippen molar-refractivity contribution in [3.05, 3.63) is 95.3 Å². The van der Waals surface area contributed by atoms with Crippen LogP contribution in [0.1, 0.15) is 26.3 Å². The number of rotatable bonds is 5. The molecule has 142 valence electrons. The lowest BCUT2D eigenvalue weighted by molar-refractivity contribution is 0.0730. The minimum Gasteiger partial charge on any atom is -0.423 e. The summed E-state index contributed by atoms with van der Waals surface area (Å²) >= 11 is 0. The molecule has 0 spiro atoms. The van der Waals surface area contributed by atoms with E-state index in [0.29, 0.717) is 11.1 Å². The number of halogens is 1. The molecule has 28 heavy (non-hydrogen) atoms. The quantitative estimate of drug-likeness (QED) is 0.372. The number of carbonyl (C=O) groups excluding carboxylic acids is 2. The van der Waals surface area contributed by atoms with E-state index in [1.54, 1.807) is 0 Å². The van der Waals surface area contributed by atoms with Gasteiger partial charge in [-0.05, 0) is 60.7 Å². The van der Waals surface area contributed by atoms with Gasteiger partial charge in [0.05, 0.1) is 10.5 Å². The van der Waals surface area contributed by atoms with Gasteiger partial charge in [-0.2, -0.15) is 0 Å². The average molecular weight is 398 g/mol. The first kappa shape index (κ1) is 19.4. The Morgan fingerprint density at radius 1 is 0.821 bits per heavy atom. The zero-order valence-corrected chi connectivity index (χ0v) is 15.6. The molecule has 3 rings (SSSR count). The van der Waals surface area contributed by atoms with Crippen molar-refractivity contribution in [2.45, 2.75) is 4.90 Å². The van der Waals surface area contributed by atoms with Crippen LogP contribution in [-0.2, 0) is 9.84 Å². The van der Waals surface area contributed by atoms with Gasteiger partial charge in [0.15, 0.2) is 15.6 Å². The van der Waals surface area contributed by atoms with E-state index < -0.39 is 21.6 Å². The summed E-state index contributed by atoms with van der Waals surface area (Å²) in [5, 5.41) is 0. The van der Waals surface area contributed by atoms with E-state index >= 15 is 0 Å². The molecule has 0 atom stereocenters. The summed E-state index contributed by atoms with van der Waals surface area (Å²) < 4.78 is 41.8. The molecule has 0 aliphatic rings. The summed E-state index contributed by atoms with van der Waals surface area (Å²) in [6.45, 7) is 0. The fourth-order valence-electron chi connectivity index (χ4n) is 2.56. The number of hydrogen-bond acceptors (Lipinski definition) is 5. The Balaban J connectivity index is 1.79. The van der Waals surface area contributed by atoms with Crippen LogP contribution in [0.4, 0.5) is 4.39 Å². The molecule has 0 aliphatic heterocycles. The van der Waals surface area contributed by atoms with Crippen LogP contribution in [0.3, 0.4) is 0 Å². The Morgan fingerprint density at radius 2 is 1.36 bits per heavy atom. The Labute approximate surface area is 161 Å². The first-order chi connectivity index (χ1) is 13.3. The summed E-state index contributed by atoms with van der Waals surface area (Å²) in [5.74, 6) is -1.41. The minimum absolute atomic E-state index is 0.0727. The average Bonchev–Trinajstić information content (AvgIpc) is 2.68. The zero-order chi connectivity index (χ0) is 20.3. The number of hydrogen-bond donors (Lipinski definition) is 0. The van der Waals surface area contributed by atoms with E-state index in [2.05, 4.69) is 0 Å². The molecule has 0 N–H and O–H groups in total. The van der Waals surface area contributed by atoms with Crippen LogP contribution < -0.4 is 4.74 Å². The molecule has 0 aromatic heterocycles. The van der Waals surface area contributed by atoms with Crippen molar-refractivity contribution in [3.63, 3.8) is 0 Å². The number of sulfone groups is 1. The number of ketones is 1. The normalized spacial score (nSPS) is 11.1. The van der Waals surface area contributed by atoms with Crippen LogP contribution in [0, 0.1) is 5.82 Å². The van der Waals surface area contributed by atoms with Crippen LogP contribution in [-0.4, -0.2) is 26.4 Å². The van der Waals surface area contributed by atoms with Crippen molar-refractivity contribution in [2.75, 3.05) is 6.26 Å². The van der Waals surface area contributed by atoms with Gasteiger partial charge >= 0.3 is 5.97 Å². The van der Waals surface area contributed by atoms with Gasteiger partial charge in [0.25, 0.3) is 0 Å². The van der Waals surface area contributed by atoms with E-state index in [0.717, 1.165) is 6.26 Å². The first-order valence-electron chi connectivity index (χ1n) is 8.17. The molecule has 0 radical (unpaired) electrons. The number of benzene rings is 3. The molecule has 0 saturated heterocycles. The molecular formula is C21H15FO5S. The lowest BCUT2D eigenvalue weighted by atomic mass is 10.0. The van der Waals surface area contributed by atoms with Gasteiger partial charge in [0.2, 0.25) is 0 Å². The Kier molecular flexibility index (Phi) is 5.37. The highest BCUT2D eigenvalue weighted by Gasteiger charge is 2.20. The molecule has 3 aromatic rings. The molecule has 0 amide bonds. The Bertz CT molecular complexity index is 1130. The van der Waals surface area contributed by atoms with Crippen molar-refractivity contribution < 1.29 is 27.1 Å².